The van der Waals surface area contributed by atoms with Gasteiger partial charge in [-0.25, -0.2) is 0 Å². The molecule has 2 atom stereocenters. The smallest absolute Gasteiger partial charge is 0.110 e. The second-order valence-corrected chi connectivity index (χ2v) is 6.22. The Morgan fingerprint density at radius 3 is 2.95 bits per heavy atom. The Morgan fingerprint density at radius 1 is 1.52 bits per heavy atom. The largest absolute Gasteiger partial charge is 0.394 e. The molecule has 0 amide bonds. The number of nitrogens with one attached hydrogen (secondary N) is 3. The van der Waals surface area contributed by atoms with E-state index in [9.17, 15) is 5.26 Å². The fraction of sp³-hybridized carbons (Fsp3) is 0.600. The highest BCUT2D eigenvalue weighted by Crippen LogP contribution is 2.46. The van der Waals surface area contributed by atoms with Crippen LogP contribution in [-0.4, -0.2) is 48.0 Å². The van der Waals surface area contributed by atoms with E-state index >= 15 is 0 Å². The number of hydrogen-bond acceptors (Lipinski definition) is 6. The summed E-state index contributed by atoms with van der Waals surface area (Å²) in [5, 5.41) is 25.8. The fourth-order valence-electron chi connectivity index (χ4n) is 3.55. The Kier molecular flexibility index (Phi) is 3.18. The number of nitrogens with zero attached hydrogens (tertiary/aromatic N) is 3. The first-order chi connectivity index (χ1) is 10.1. The molecule has 3 N–H and O–H groups in total. The van der Waals surface area contributed by atoms with E-state index in [1.807, 2.05) is 25.7 Å². The minimum atomic E-state index is -0.251. The van der Waals surface area contributed by atoms with Crippen LogP contribution in [0.15, 0.2) is 29.7 Å². The average molecular weight is 286 g/mol. The Bertz CT molecular complexity index is 541. The summed E-state index contributed by atoms with van der Waals surface area (Å²) in [6.45, 7) is 3.77. The summed E-state index contributed by atoms with van der Waals surface area (Å²) in [5.41, 5.74) is -0.685. The van der Waals surface area contributed by atoms with Crippen molar-refractivity contribution in [2.45, 2.75) is 36.4 Å². The summed E-state index contributed by atoms with van der Waals surface area (Å²) in [4.78, 5) is 0. The molecule has 0 aromatic heterocycles. The van der Waals surface area contributed by atoms with Crippen molar-refractivity contribution in [2.24, 2.45) is 5.10 Å². The van der Waals surface area contributed by atoms with Gasteiger partial charge in [-0.15, -0.1) is 0 Å². The molecule has 3 rings (SSSR count). The van der Waals surface area contributed by atoms with Gasteiger partial charge in [-0.3, -0.25) is 5.01 Å². The van der Waals surface area contributed by atoms with Crippen LogP contribution in [0.5, 0.6) is 0 Å². The van der Waals surface area contributed by atoms with Crippen molar-refractivity contribution in [3.8, 4) is 6.07 Å². The SMILES string of the molecule is CN/C=C\CC12C=CN[C@@]1(C)C=NN2C1(CC#N)CNC1. The van der Waals surface area contributed by atoms with Gasteiger partial charge in [0.05, 0.1) is 24.2 Å². The molecular weight excluding hydrogens is 264 g/mol. The van der Waals surface area contributed by atoms with Crippen LogP contribution < -0.4 is 16.0 Å². The van der Waals surface area contributed by atoms with E-state index < -0.39 is 0 Å². The lowest BCUT2D eigenvalue weighted by molar-refractivity contribution is -0.0285. The number of nitriles is 1. The van der Waals surface area contributed by atoms with Crippen molar-refractivity contribution in [3.05, 3.63) is 24.6 Å². The highest BCUT2D eigenvalue weighted by atomic mass is 15.6. The van der Waals surface area contributed by atoms with E-state index in [0.29, 0.717) is 6.42 Å². The lowest BCUT2D eigenvalue weighted by Crippen LogP contribution is -2.74. The van der Waals surface area contributed by atoms with E-state index in [4.69, 9.17) is 5.10 Å². The van der Waals surface area contributed by atoms with Crippen molar-refractivity contribution in [3.63, 3.8) is 0 Å². The van der Waals surface area contributed by atoms with Gasteiger partial charge in [0.25, 0.3) is 0 Å². The zero-order chi connectivity index (χ0) is 15.0. The van der Waals surface area contributed by atoms with Crippen LogP contribution in [0.1, 0.15) is 19.8 Å². The lowest BCUT2D eigenvalue weighted by atomic mass is 9.74. The third-order valence-corrected chi connectivity index (χ3v) is 4.93. The van der Waals surface area contributed by atoms with Crippen molar-refractivity contribution < 1.29 is 0 Å². The van der Waals surface area contributed by atoms with Crippen molar-refractivity contribution in [1.29, 1.82) is 5.26 Å². The maximum atomic E-state index is 9.22. The van der Waals surface area contributed by atoms with E-state index in [-0.39, 0.29) is 16.6 Å². The number of hydrogen-bond donors (Lipinski definition) is 3. The molecule has 0 bridgehead atoms. The predicted octanol–water partition coefficient (Wildman–Crippen LogP) is 0.281. The van der Waals surface area contributed by atoms with Crippen LogP contribution in [0, 0.1) is 11.3 Å². The molecule has 6 nitrogen and oxygen atoms in total. The molecule has 3 aliphatic rings. The van der Waals surface area contributed by atoms with Crippen molar-refractivity contribution >= 4 is 6.21 Å². The minimum Gasteiger partial charge on any atom is -0.394 e. The number of fused-ring (bicyclic) bond motifs is 1. The zero-order valence-corrected chi connectivity index (χ0v) is 12.6. The second kappa shape index (κ2) is 4.78. The molecule has 0 radical (unpaired) electrons. The predicted molar refractivity (Wildman–Crippen MR) is 82.4 cm³/mol. The highest BCUT2D eigenvalue weighted by Gasteiger charge is 2.62. The molecule has 0 aromatic rings. The standard InChI is InChI=1S/C15H22N6/c1-13-10-20-21(14(5-7-16)11-18-12-14)15(13,6-9-19-13)4-3-8-17-2/h3,6,8-10,17-19H,4-5,11-12H2,1-2H3/b8-3-/t13-,15?/m0/s1. The second-order valence-electron chi connectivity index (χ2n) is 6.22. The molecule has 1 saturated heterocycles. The summed E-state index contributed by atoms with van der Waals surface area (Å²) >= 11 is 0. The minimum absolute atomic E-state index is 0.202. The quantitative estimate of drug-likeness (QED) is 0.677. The van der Waals surface area contributed by atoms with Crippen LogP contribution in [-0.2, 0) is 0 Å². The van der Waals surface area contributed by atoms with Gasteiger partial charge in [-0.2, -0.15) is 10.4 Å². The molecule has 0 spiro atoms. The molecule has 1 fully saturated rings. The molecule has 0 aromatic carbocycles. The van der Waals surface area contributed by atoms with E-state index in [0.717, 1.165) is 19.5 Å². The molecule has 0 saturated carbocycles. The average Bonchev–Trinajstić information content (AvgIpc) is 2.87. The van der Waals surface area contributed by atoms with Gasteiger partial charge in [0.2, 0.25) is 0 Å². The molecule has 3 heterocycles. The van der Waals surface area contributed by atoms with Gasteiger partial charge < -0.3 is 16.0 Å². The summed E-state index contributed by atoms with van der Waals surface area (Å²) < 4.78 is 0. The first-order valence-corrected chi connectivity index (χ1v) is 7.33. The van der Waals surface area contributed by atoms with Gasteiger partial charge in [0, 0.05) is 20.1 Å². The van der Waals surface area contributed by atoms with E-state index in [1.54, 1.807) is 0 Å². The Morgan fingerprint density at radius 2 is 2.33 bits per heavy atom. The number of rotatable bonds is 5. The Hall–Kier alpha value is -2.00. The van der Waals surface area contributed by atoms with Crippen LogP contribution in [0.4, 0.5) is 0 Å². The third kappa shape index (κ3) is 1.77. The molecule has 21 heavy (non-hydrogen) atoms. The first kappa shape index (κ1) is 14.0. The molecule has 6 heteroatoms. The van der Waals surface area contributed by atoms with Crippen molar-refractivity contribution in [1.82, 2.24) is 21.0 Å². The first-order valence-electron chi connectivity index (χ1n) is 7.33. The van der Waals surface area contributed by atoms with Gasteiger partial charge in [0.15, 0.2) is 0 Å². The van der Waals surface area contributed by atoms with Crippen LogP contribution in [0.3, 0.4) is 0 Å². The van der Waals surface area contributed by atoms with Gasteiger partial charge in [0.1, 0.15) is 11.1 Å². The maximum Gasteiger partial charge on any atom is 0.110 e. The lowest BCUT2D eigenvalue weighted by Gasteiger charge is -2.54. The molecule has 0 aliphatic carbocycles. The summed E-state index contributed by atoms with van der Waals surface area (Å²) in [6.07, 6.45) is 11.6. The molecule has 1 unspecified atom stereocenters. The summed E-state index contributed by atoms with van der Waals surface area (Å²) in [7, 11) is 1.89. The third-order valence-electron chi connectivity index (χ3n) is 4.93. The van der Waals surface area contributed by atoms with E-state index in [1.165, 1.54) is 0 Å². The normalized spacial score (nSPS) is 35.4. The highest BCUT2D eigenvalue weighted by molar-refractivity contribution is 5.77. The molecule has 3 aliphatic heterocycles. The summed E-state index contributed by atoms with van der Waals surface area (Å²) in [6, 6.07) is 2.33. The van der Waals surface area contributed by atoms with E-state index in [2.05, 4.69) is 46.1 Å². The molecule has 112 valence electrons. The zero-order valence-electron chi connectivity index (χ0n) is 12.6. The fourth-order valence-corrected chi connectivity index (χ4v) is 3.55. The monoisotopic (exact) mass is 286 g/mol. The Balaban J connectivity index is 1.96. The van der Waals surface area contributed by atoms with Gasteiger partial charge in [-0.05, 0) is 31.8 Å². The van der Waals surface area contributed by atoms with Gasteiger partial charge >= 0.3 is 0 Å². The van der Waals surface area contributed by atoms with Crippen LogP contribution >= 0.6 is 0 Å². The topological polar surface area (TPSA) is 75.5 Å². The molecular formula is C15H22N6. The van der Waals surface area contributed by atoms with Crippen LogP contribution in [0.2, 0.25) is 0 Å². The summed E-state index contributed by atoms with van der Waals surface area (Å²) in [5.74, 6) is 0. The van der Waals surface area contributed by atoms with Crippen LogP contribution in [0.25, 0.3) is 0 Å². The van der Waals surface area contributed by atoms with Crippen molar-refractivity contribution in [2.75, 3.05) is 20.1 Å². The Labute approximate surface area is 125 Å². The maximum absolute atomic E-state index is 9.22. The number of hydrazone groups is 1. The van der Waals surface area contributed by atoms with Gasteiger partial charge in [-0.1, -0.05) is 6.08 Å².